The van der Waals surface area contributed by atoms with Crippen molar-refractivity contribution in [3.63, 3.8) is 0 Å². The Kier molecular flexibility index (Phi) is 3.38. The Morgan fingerprint density at radius 2 is 1.61 bits per heavy atom. The van der Waals surface area contributed by atoms with Crippen LogP contribution >= 0.6 is 0 Å². The Morgan fingerprint density at radius 1 is 0.870 bits per heavy atom. The zero-order valence-electron chi connectivity index (χ0n) is 12.6. The third-order valence-electron chi connectivity index (χ3n) is 4.10. The summed E-state index contributed by atoms with van der Waals surface area (Å²) in [5.41, 5.74) is 7.59. The van der Waals surface area contributed by atoms with Crippen LogP contribution in [0.5, 0.6) is 0 Å². The molecule has 0 atom stereocenters. The molecular formula is C16H17N7. The molecule has 0 unspecified atom stereocenters. The predicted molar refractivity (Wildman–Crippen MR) is 90.4 cm³/mol. The molecule has 0 bridgehead atoms. The summed E-state index contributed by atoms with van der Waals surface area (Å²) in [6, 6.07) is 7.83. The lowest BCUT2D eigenvalue weighted by Crippen LogP contribution is -2.46. The first kappa shape index (κ1) is 13.7. The van der Waals surface area contributed by atoms with E-state index in [2.05, 4.69) is 29.7 Å². The molecule has 3 aromatic rings. The molecule has 0 aliphatic carbocycles. The molecule has 23 heavy (non-hydrogen) atoms. The Morgan fingerprint density at radius 3 is 2.39 bits per heavy atom. The maximum atomic E-state index is 5.74. The SMILES string of the molecule is Nc1ccc2c(N3CCN(c4ccncc4)CC3)ncnc2n1. The van der Waals surface area contributed by atoms with Crippen LogP contribution in [0.4, 0.5) is 17.3 Å². The Bertz CT molecular complexity index is 813. The summed E-state index contributed by atoms with van der Waals surface area (Å²) in [5, 5.41) is 0.944. The molecule has 3 aromatic heterocycles. The summed E-state index contributed by atoms with van der Waals surface area (Å²) in [6.45, 7) is 3.69. The highest BCUT2D eigenvalue weighted by Crippen LogP contribution is 2.24. The highest BCUT2D eigenvalue weighted by Gasteiger charge is 2.20. The second-order valence-electron chi connectivity index (χ2n) is 5.48. The smallest absolute Gasteiger partial charge is 0.166 e. The fourth-order valence-electron chi connectivity index (χ4n) is 2.93. The fraction of sp³-hybridized carbons (Fsp3) is 0.250. The minimum atomic E-state index is 0.477. The maximum Gasteiger partial charge on any atom is 0.166 e. The van der Waals surface area contributed by atoms with Crippen LogP contribution in [0.15, 0.2) is 43.0 Å². The third-order valence-corrected chi connectivity index (χ3v) is 4.10. The molecule has 0 saturated carbocycles. The van der Waals surface area contributed by atoms with E-state index >= 15 is 0 Å². The highest BCUT2D eigenvalue weighted by atomic mass is 15.3. The van der Waals surface area contributed by atoms with Crippen molar-refractivity contribution in [2.75, 3.05) is 41.7 Å². The van der Waals surface area contributed by atoms with Gasteiger partial charge in [-0.05, 0) is 24.3 Å². The Labute approximate surface area is 133 Å². The van der Waals surface area contributed by atoms with Crippen LogP contribution in [-0.2, 0) is 0 Å². The van der Waals surface area contributed by atoms with Gasteiger partial charge in [0.15, 0.2) is 5.65 Å². The van der Waals surface area contributed by atoms with Crippen molar-refractivity contribution in [3.8, 4) is 0 Å². The zero-order chi connectivity index (χ0) is 15.6. The van der Waals surface area contributed by atoms with E-state index in [1.807, 2.05) is 30.6 Å². The first-order valence-corrected chi connectivity index (χ1v) is 7.58. The topological polar surface area (TPSA) is 84.1 Å². The molecule has 1 aliphatic heterocycles. The molecule has 7 nitrogen and oxygen atoms in total. The number of nitrogens with zero attached hydrogens (tertiary/aromatic N) is 6. The normalized spacial score (nSPS) is 15.1. The van der Waals surface area contributed by atoms with Crippen LogP contribution < -0.4 is 15.5 Å². The summed E-state index contributed by atoms with van der Waals surface area (Å²) in [5.74, 6) is 1.40. The highest BCUT2D eigenvalue weighted by molar-refractivity contribution is 5.87. The molecule has 4 heterocycles. The van der Waals surface area contributed by atoms with E-state index in [0.29, 0.717) is 11.5 Å². The molecule has 2 N–H and O–H groups in total. The first-order chi connectivity index (χ1) is 11.3. The standard InChI is InChI=1S/C16H17N7/c17-14-2-1-13-15(21-14)19-11-20-16(13)23-9-7-22(8-10-23)12-3-5-18-6-4-12/h1-6,11H,7-10H2,(H2,17,19,20,21). The molecule has 1 fully saturated rings. The first-order valence-electron chi connectivity index (χ1n) is 7.58. The lowest BCUT2D eigenvalue weighted by Gasteiger charge is -2.36. The van der Waals surface area contributed by atoms with Gasteiger partial charge in [-0.1, -0.05) is 0 Å². The van der Waals surface area contributed by atoms with E-state index < -0.39 is 0 Å². The second-order valence-corrected chi connectivity index (χ2v) is 5.48. The Hall–Kier alpha value is -2.96. The molecule has 0 spiro atoms. The average molecular weight is 307 g/mol. The lowest BCUT2D eigenvalue weighted by atomic mass is 10.2. The molecule has 1 saturated heterocycles. The van der Waals surface area contributed by atoms with Crippen LogP contribution in [0.25, 0.3) is 11.0 Å². The number of anilines is 3. The van der Waals surface area contributed by atoms with Crippen LogP contribution in [0.2, 0.25) is 0 Å². The summed E-state index contributed by atoms with van der Waals surface area (Å²) < 4.78 is 0. The van der Waals surface area contributed by atoms with Gasteiger partial charge in [0.25, 0.3) is 0 Å². The van der Waals surface area contributed by atoms with E-state index in [0.717, 1.165) is 37.4 Å². The number of pyridine rings is 2. The predicted octanol–water partition coefficient (Wildman–Crippen LogP) is 1.33. The van der Waals surface area contributed by atoms with E-state index in [1.54, 1.807) is 12.4 Å². The summed E-state index contributed by atoms with van der Waals surface area (Å²) in [7, 11) is 0. The molecule has 116 valence electrons. The minimum Gasteiger partial charge on any atom is -0.384 e. The number of nitrogens with two attached hydrogens (primary N) is 1. The third kappa shape index (κ3) is 2.61. The van der Waals surface area contributed by atoms with E-state index in [1.165, 1.54) is 5.69 Å². The molecule has 0 aromatic carbocycles. The van der Waals surface area contributed by atoms with Crippen molar-refractivity contribution in [1.29, 1.82) is 0 Å². The number of nitrogen functional groups attached to an aromatic ring is 1. The molecule has 7 heteroatoms. The minimum absolute atomic E-state index is 0.477. The van der Waals surface area contributed by atoms with Crippen LogP contribution in [0.1, 0.15) is 0 Å². The van der Waals surface area contributed by atoms with Gasteiger partial charge in [-0.15, -0.1) is 0 Å². The molecular weight excluding hydrogens is 290 g/mol. The monoisotopic (exact) mass is 307 g/mol. The van der Waals surface area contributed by atoms with E-state index in [9.17, 15) is 0 Å². The van der Waals surface area contributed by atoms with Crippen molar-refractivity contribution in [2.45, 2.75) is 0 Å². The van der Waals surface area contributed by atoms with Gasteiger partial charge in [0.05, 0.1) is 5.39 Å². The average Bonchev–Trinajstić information content (AvgIpc) is 2.62. The van der Waals surface area contributed by atoms with Gasteiger partial charge in [0.2, 0.25) is 0 Å². The van der Waals surface area contributed by atoms with Crippen molar-refractivity contribution >= 4 is 28.4 Å². The number of aromatic nitrogens is 4. The van der Waals surface area contributed by atoms with Crippen LogP contribution in [0, 0.1) is 0 Å². The maximum absolute atomic E-state index is 5.74. The molecule has 1 aliphatic rings. The summed E-state index contributed by atoms with van der Waals surface area (Å²) >= 11 is 0. The van der Waals surface area contributed by atoms with Crippen molar-refractivity contribution < 1.29 is 0 Å². The van der Waals surface area contributed by atoms with Gasteiger partial charge in [-0.3, -0.25) is 4.98 Å². The second kappa shape index (κ2) is 5.68. The molecule has 4 rings (SSSR count). The van der Waals surface area contributed by atoms with Gasteiger partial charge in [0.1, 0.15) is 18.0 Å². The van der Waals surface area contributed by atoms with Gasteiger partial charge in [-0.25, -0.2) is 15.0 Å². The van der Waals surface area contributed by atoms with Crippen LogP contribution in [-0.4, -0.2) is 46.1 Å². The lowest BCUT2D eigenvalue weighted by molar-refractivity contribution is 0.648. The van der Waals surface area contributed by atoms with Gasteiger partial charge < -0.3 is 15.5 Å². The van der Waals surface area contributed by atoms with Gasteiger partial charge in [0, 0.05) is 44.3 Å². The number of piperazine rings is 1. The van der Waals surface area contributed by atoms with Crippen molar-refractivity contribution in [1.82, 2.24) is 19.9 Å². The van der Waals surface area contributed by atoms with E-state index in [-0.39, 0.29) is 0 Å². The van der Waals surface area contributed by atoms with Gasteiger partial charge in [-0.2, -0.15) is 0 Å². The largest absolute Gasteiger partial charge is 0.384 e. The van der Waals surface area contributed by atoms with Crippen molar-refractivity contribution in [3.05, 3.63) is 43.0 Å². The van der Waals surface area contributed by atoms with Gasteiger partial charge >= 0.3 is 0 Å². The summed E-state index contributed by atoms with van der Waals surface area (Å²) in [4.78, 5) is 21.7. The van der Waals surface area contributed by atoms with Crippen molar-refractivity contribution in [2.24, 2.45) is 0 Å². The quantitative estimate of drug-likeness (QED) is 0.764. The number of hydrogen-bond donors (Lipinski definition) is 1. The number of fused-ring (bicyclic) bond motifs is 1. The zero-order valence-corrected chi connectivity index (χ0v) is 12.6. The molecule has 0 amide bonds. The summed E-state index contributed by atoms with van der Waals surface area (Å²) in [6.07, 6.45) is 5.21. The number of hydrogen-bond acceptors (Lipinski definition) is 7. The fourth-order valence-corrected chi connectivity index (χ4v) is 2.93. The van der Waals surface area contributed by atoms with Crippen LogP contribution in [0.3, 0.4) is 0 Å². The van der Waals surface area contributed by atoms with E-state index in [4.69, 9.17) is 5.73 Å². The Balaban J connectivity index is 1.57. The number of rotatable bonds is 2. The molecule has 0 radical (unpaired) electrons.